The van der Waals surface area contributed by atoms with Crippen LogP contribution in [0.15, 0.2) is 18.2 Å². The summed E-state index contributed by atoms with van der Waals surface area (Å²) in [5, 5.41) is 0. The quantitative estimate of drug-likeness (QED) is 0.840. The van der Waals surface area contributed by atoms with Crippen molar-refractivity contribution in [1.29, 1.82) is 0 Å². The summed E-state index contributed by atoms with van der Waals surface area (Å²) in [6.45, 7) is 3.98. The molecule has 0 spiro atoms. The molecule has 6 nitrogen and oxygen atoms in total. The lowest BCUT2D eigenvalue weighted by Crippen LogP contribution is -2.39. The van der Waals surface area contributed by atoms with Crippen molar-refractivity contribution in [3.05, 3.63) is 29.3 Å². The molecule has 20 heavy (non-hydrogen) atoms. The van der Waals surface area contributed by atoms with Crippen LogP contribution in [-0.2, 0) is 10.0 Å². The third-order valence-electron chi connectivity index (χ3n) is 3.10. The molecule has 0 aliphatic rings. The Labute approximate surface area is 120 Å². The molecule has 0 saturated heterocycles. The van der Waals surface area contributed by atoms with Crippen molar-refractivity contribution >= 4 is 21.6 Å². The lowest BCUT2D eigenvalue weighted by Gasteiger charge is -2.24. The fourth-order valence-corrected chi connectivity index (χ4v) is 2.25. The van der Waals surface area contributed by atoms with Crippen LogP contribution in [0.25, 0.3) is 0 Å². The number of hydrogen-bond acceptors (Lipinski definition) is 4. The largest absolute Gasteiger partial charge is 0.338 e. The molecular weight excluding hydrogens is 278 g/mol. The van der Waals surface area contributed by atoms with Crippen LogP contribution in [0.1, 0.15) is 22.8 Å². The molecule has 3 N–H and O–H groups in total. The second-order valence-corrected chi connectivity index (χ2v) is 6.65. The van der Waals surface area contributed by atoms with Gasteiger partial charge in [0.05, 0.1) is 11.9 Å². The van der Waals surface area contributed by atoms with E-state index in [-0.39, 0.29) is 11.9 Å². The standard InChI is InChI=1S/C13H21N3O3S/c1-9-5-6-11(7-12(9)15-20(4,18)19)13(17)16(3)10(2)8-14/h5-7,10,15H,8,14H2,1-4H3. The van der Waals surface area contributed by atoms with Gasteiger partial charge in [-0.3, -0.25) is 9.52 Å². The molecule has 0 heterocycles. The molecule has 112 valence electrons. The number of nitrogens with one attached hydrogen (secondary N) is 1. The predicted octanol–water partition coefficient (Wildman–Crippen LogP) is 0.786. The van der Waals surface area contributed by atoms with Crippen molar-refractivity contribution in [3.8, 4) is 0 Å². The number of carbonyl (C=O) groups is 1. The van der Waals surface area contributed by atoms with Gasteiger partial charge in [0.15, 0.2) is 0 Å². The lowest BCUT2D eigenvalue weighted by molar-refractivity contribution is 0.0748. The van der Waals surface area contributed by atoms with Crippen LogP contribution in [0.3, 0.4) is 0 Å². The third-order valence-corrected chi connectivity index (χ3v) is 3.69. The van der Waals surface area contributed by atoms with Crippen LogP contribution in [0.5, 0.6) is 0 Å². The fraction of sp³-hybridized carbons (Fsp3) is 0.462. The minimum atomic E-state index is -3.38. The lowest BCUT2D eigenvalue weighted by atomic mass is 10.1. The maximum atomic E-state index is 12.3. The van der Waals surface area contributed by atoms with Crippen LogP contribution in [0, 0.1) is 6.92 Å². The number of likely N-dealkylation sites (N-methyl/N-ethyl adjacent to an activating group) is 1. The van der Waals surface area contributed by atoms with Gasteiger partial charge in [0.1, 0.15) is 0 Å². The Kier molecular flexibility index (Phi) is 5.13. The summed E-state index contributed by atoms with van der Waals surface area (Å²) < 4.78 is 25.0. The van der Waals surface area contributed by atoms with E-state index in [1.54, 1.807) is 32.2 Å². The number of anilines is 1. The highest BCUT2D eigenvalue weighted by Crippen LogP contribution is 2.19. The van der Waals surface area contributed by atoms with Crippen molar-refractivity contribution in [2.45, 2.75) is 19.9 Å². The molecule has 1 unspecified atom stereocenters. The van der Waals surface area contributed by atoms with E-state index in [0.29, 0.717) is 17.8 Å². The van der Waals surface area contributed by atoms with Crippen LogP contribution >= 0.6 is 0 Å². The molecule has 0 aliphatic carbocycles. The third kappa shape index (κ3) is 4.21. The average Bonchev–Trinajstić information content (AvgIpc) is 2.37. The normalized spacial score (nSPS) is 12.8. The first-order chi connectivity index (χ1) is 9.15. The maximum absolute atomic E-state index is 12.3. The van der Waals surface area contributed by atoms with E-state index in [4.69, 9.17) is 5.73 Å². The summed E-state index contributed by atoms with van der Waals surface area (Å²) in [6, 6.07) is 4.83. The molecular formula is C13H21N3O3S. The van der Waals surface area contributed by atoms with Gasteiger partial charge in [-0.2, -0.15) is 0 Å². The molecule has 1 aromatic carbocycles. The van der Waals surface area contributed by atoms with Crippen molar-refractivity contribution in [2.24, 2.45) is 5.73 Å². The molecule has 7 heteroatoms. The van der Waals surface area contributed by atoms with Crippen LogP contribution in [-0.4, -0.2) is 45.1 Å². The molecule has 0 radical (unpaired) electrons. The van der Waals surface area contributed by atoms with Gasteiger partial charge in [-0.15, -0.1) is 0 Å². The van der Waals surface area contributed by atoms with Crippen LogP contribution < -0.4 is 10.5 Å². The first kappa shape index (κ1) is 16.5. The number of aryl methyl sites for hydroxylation is 1. The number of nitrogens with zero attached hydrogens (tertiary/aromatic N) is 1. The molecule has 1 aromatic rings. The number of carbonyl (C=O) groups excluding carboxylic acids is 1. The fourth-order valence-electron chi connectivity index (χ4n) is 1.63. The van der Waals surface area contributed by atoms with Crippen molar-refractivity contribution < 1.29 is 13.2 Å². The zero-order valence-corrected chi connectivity index (χ0v) is 13.0. The minimum absolute atomic E-state index is 0.0879. The topological polar surface area (TPSA) is 92.5 Å². The molecule has 1 amide bonds. The number of benzene rings is 1. The molecule has 0 bridgehead atoms. The van der Waals surface area contributed by atoms with E-state index in [2.05, 4.69) is 4.72 Å². The highest BCUT2D eigenvalue weighted by Gasteiger charge is 2.17. The highest BCUT2D eigenvalue weighted by atomic mass is 32.2. The van der Waals surface area contributed by atoms with E-state index in [1.807, 2.05) is 6.92 Å². The number of rotatable bonds is 5. The number of sulfonamides is 1. The summed E-state index contributed by atoms with van der Waals surface area (Å²) in [5.74, 6) is -0.195. The van der Waals surface area contributed by atoms with Gasteiger partial charge < -0.3 is 10.6 Å². The Morgan fingerprint density at radius 3 is 2.55 bits per heavy atom. The summed E-state index contributed by atoms with van der Waals surface area (Å²) in [4.78, 5) is 13.8. The van der Waals surface area contributed by atoms with Gasteiger partial charge in [0.2, 0.25) is 10.0 Å². The molecule has 0 aliphatic heterocycles. The van der Waals surface area contributed by atoms with E-state index in [0.717, 1.165) is 11.8 Å². The second-order valence-electron chi connectivity index (χ2n) is 4.90. The molecule has 1 rings (SSSR count). The minimum Gasteiger partial charge on any atom is -0.338 e. The number of hydrogen-bond donors (Lipinski definition) is 2. The Morgan fingerprint density at radius 2 is 2.05 bits per heavy atom. The molecule has 1 atom stereocenters. The summed E-state index contributed by atoms with van der Waals surface area (Å²) in [5.41, 5.74) is 7.12. The highest BCUT2D eigenvalue weighted by molar-refractivity contribution is 7.92. The van der Waals surface area contributed by atoms with Gasteiger partial charge >= 0.3 is 0 Å². The van der Waals surface area contributed by atoms with E-state index >= 15 is 0 Å². The van der Waals surface area contributed by atoms with Gasteiger partial charge in [0.25, 0.3) is 5.91 Å². The van der Waals surface area contributed by atoms with Crippen molar-refractivity contribution in [3.63, 3.8) is 0 Å². The molecule has 0 fully saturated rings. The predicted molar refractivity (Wildman–Crippen MR) is 80.3 cm³/mol. The Morgan fingerprint density at radius 1 is 1.45 bits per heavy atom. The number of amides is 1. The summed E-state index contributed by atoms with van der Waals surface area (Å²) >= 11 is 0. The smallest absolute Gasteiger partial charge is 0.253 e. The van der Waals surface area contributed by atoms with E-state index in [9.17, 15) is 13.2 Å². The van der Waals surface area contributed by atoms with E-state index < -0.39 is 10.0 Å². The first-order valence-electron chi connectivity index (χ1n) is 6.21. The van der Waals surface area contributed by atoms with Crippen LogP contribution in [0.2, 0.25) is 0 Å². The molecule has 0 aromatic heterocycles. The zero-order chi connectivity index (χ0) is 15.5. The second kappa shape index (κ2) is 6.23. The summed E-state index contributed by atoms with van der Waals surface area (Å²) in [6.07, 6.45) is 1.07. The first-order valence-corrected chi connectivity index (χ1v) is 8.10. The Hall–Kier alpha value is -1.60. The monoisotopic (exact) mass is 299 g/mol. The van der Waals surface area contributed by atoms with Crippen LogP contribution in [0.4, 0.5) is 5.69 Å². The Balaban J connectivity index is 3.09. The van der Waals surface area contributed by atoms with Gasteiger partial charge in [-0.25, -0.2) is 8.42 Å². The van der Waals surface area contributed by atoms with Crippen molar-refractivity contribution in [1.82, 2.24) is 4.90 Å². The van der Waals surface area contributed by atoms with Gasteiger partial charge in [-0.05, 0) is 31.5 Å². The average molecular weight is 299 g/mol. The zero-order valence-electron chi connectivity index (χ0n) is 12.2. The Bertz CT molecular complexity index is 599. The maximum Gasteiger partial charge on any atom is 0.253 e. The molecule has 0 saturated carbocycles. The summed E-state index contributed by atoms with van der Waals surface area (Å²) in [7, 11) is -1.71. The van der Waals surface area contributed by atoms with Gasteiger partial charge in [0, 0.05) is 25.2 Å². The SMILES string of the molecule is Cc1ccc(C(=O)N(C)C(C)CN)cc1NS(C)(=O)=O. The van der Waals surface area contributed by atoms with Crippen molar-refractivity contribution in [2.75, 3.05) is 24.6 Å². The van der Waals surface area contributed by atoms with E-state index in [1.165, 1.54) is 4.90 Å². The number of nitrogens with two attached hydrogens (primary N) is 1. The van der Waals surface area contributed by atoms with Gasteiger partial charge in [-0.1, -0.05) is 6.07 Å².